The van der Waals surface area contributed by atoms with Crippen molar-refractivity contribution in [2.45, 2.75) is 31.7 Å². The van der Waals surface area contributed by atoms with E-state index in [1.54, 1.807) is 18.6 Å². The first-order valence-electron chi connectivity index (χ1n) is 7.55. The molecule has 0 amide bonds. The molecule has 2 N–H and O–H groups in total. The van der Waals surface area contributed by atoms with Gasteiger partial charge in [-0.25, -0.2) is 0 Å². The predicted molar refractivity (Wildman–Crippen MR) is 85.2 cm³/mol. The minimum absolute atomic E-state index is 0.610. The fourth-order valence-corrected chi connectivity index (χ4v) is 3.14. The molecular formula is C17H18N4. The van der Waals surface area contributed by atoms with Crippen molar-refractivity contribution in [3.63, 3.8) is 0 Å². The molecule has 4 heteroatoms. The van der Waals surface area contributed by atoms with E-state index in [-0.39, 0.29) is 0 Å². The Morgan fingerprint density at radius 1 is 1.14 bits per heavy atom. The number of rotatable bonds is 3. The molecule has 1 aliphatic rings. The lowest BCUT2D eigenvalue weighted by Crippen LogP contribution is -2.14. The molecule has 0 unspecified atom stereocenters. The van der Waals surface area contributed by atoms with Crippen LogP contribution >= 0.6 is 0 Å². The number of hydrogen-bond donors (Lipinski definition) is 2. The summed E-state index contributed by atoms with van der Waals surface area (Å²) in [6.07, 6.45) is 10.4. The Morgan fingerprint density at radius 3 is 2.86 bits per heavy atom. The van der Waals surface area contributed by atoms with E-state index in [4.69, 9.17) is 0 Å². The Kier molecular flexibility index (Phi) is 3.07. The quantitative estimate of drug-likeness (QED) is 0.762. The van der Waals surface area contributed by atoms with Crippen molar-refractivity contribution in [2.75, 3.05) is 5.32 Å². The number of hydrogen-bond acceptors (Lipinski definition) is 3. The third-order valence-corrected chi connectivity index (χ3v) is 4.21. The minimum atomic E-state index is 0.610. The second kappa shape index (κ2) is 5.20. The Bertz CT molecular complexity index is 742. The van der Waals surface area contributed by atoms with E-state index < -0.39 is 0 Å². The van der Waals surface area contributed by atoms with Crippen LogP contribution in [0.3, 0.4) is 0 Å². The average Bonchev–Trinajstić information content (AvgIpc) is 3.17. The van der Waals surface area contributed by atoms with Crippen molar-refractivity contribution in [2.24, 2.45) is 0 Å². The van der Waals surface area contributed by atoms with Gasteiger partial charge in [0.2, 0.25) is 0 Å². The molecule has 1 fully saturated rings. The highest BCUT2D eigenvalue weighted by Gasteiger charge is 2.16. The van der Waals surface area contributed by atoms with Gasteiger partial charge in [0.15, 0.2) is 0 Å². The van der Waals surface area contributed by atoms with Crippen molar-refractivity contribution in [1.29, 1.82) is 0 Å². The van der Waals surface area contributed by atoms with Gasteiger partial charge in [-0.1, -0.05) is 25.0 Å². The molecule has 1 aromatic carbocycles. The number of nitrogens with zero attached hydrogens (tertiary/aromatic N) is 2. The highest BCUT2D eigenvalue weighted by atomic mass is 14.9. The lowest BCUT2D eigenvalue weighted by Gasteiger charge is -2.14. The lowest BCUT2D eigenvalue weighted by molar-refractivity contribution is 0.756. The number of fused-ring (bicyclic) bond motifs is 1. The lowest BCUT2D eigenvalue weighted by atomic mass is 10.2. The van der Waals surface area contributed by atoms with Crippen molar-refractivity contribution in [3.05, 3.63) is 42.9 Å². The summed E-state index contributed by atoms with van der Waals surface area (Å²) in [6, 6.07) is 9.13. The summed E-state index contributed by atoms with van der Waals surface area (Å²) in [5.41, 5.74) is 4.24. The van der Waals surface area contributed by atoms with Crippen LogP contribution in [-0.2, 0) is 0 Å². The van der Waals surface area contributed by atoms with Crippen LogP contribution in [0.5, 0.6) is 0 Å². The minimum Gasteiger partial charge on any atom is -0.381 e. The number of aromatic amines is 1. The summed E-state index contributed by atoms with van der Waals surface area (Å²) < 4.78 is 0. The van der Waals surface area contributed by atoms with Crippen molar-refractivity contribution >= 4 is 16.6 Å². The Hall–Kier alpha value is -2.36. The normalized spacial score (nSPS) is 15.6. The van der Waals surface area contributed by atoms with Gasteiger partial charge in [-0.05, 0) is 25.0 Å². The molecule has 2 heterocycles. The molecule has 3 aromatic rings. The molecule has 1 saturated carbocycles. The van der Waals surface area contributed by atoms with E-state index in [1.165, 1.54) is 36.8 Å². The number of nitrogens with one attached hydrogen (secondary N) is 2. The van der Waals surface area contributed by atoms with Crippen LogP contribution in [0.15, 0.2) is 42.9 Å². The van der Waals surface area contributed by atoms with Crippen LogP contribution in [0.25, 0.3) is 22.3 Å². The SMILES string of the molecule is c1cc(NC2CCCC2)c2[nH]c(-c3cnccn3)cc2c1. The maximum Gasteiger partial charge on any atom is 0.105 e. The van der Waals surface area contributed by atoms with Gasteiger partial charge >= 0.3 is 0 Å². The van der Waals surface area contributed by atoms with Crippen LogP contribution in [-0.4, -0.2) is 21.0 Å². The van der Waals surface area contributed by atoms with Gasteiger partial charge in [-0.15, -0.1) is 0 Å². The second-order valence-corrected chi connectivity index (χ2v) is 5.67. The van der Waals surface area contributed by atoms with Crippen molar-refractivity contribution in [1.82, 2.24) is 15.0 Å². The summed E-state index contributed by atoms with van der Waals surface area (Å²) in [6.45, 7) is 0. The van der Waals surface area contributed by atoms with E-state index in [0.29, 0.717) is 6.04 Å². The standard InChI is InChI=1S/C17H18N4/c1-2-6-13(5-1)20-14-7-3-4-12-10-15(21-17(12)14)16-11-18-8-9-19-16/h3-4,7-11,13,20-21H,1-2,5-6H2. The average molecular weight is 278 g/mol. The van der Waals surface area contributed by atoms with Crippen molar-refractivity contribution < 1.29 is 0 Å². The topological polar surface area (TPSA) is 53.6 Å². The zero-order valence-electron chi connectivity index (χ0n) is 11.8. The molecule has 0 saturated heterocycles. The molecule has 1 aliphatic carbocycles. The number of benzene rings is 1. The zero-order chi connectivity index (χ0) is 14.1. The van der Waals surface area contributed by atoms with Crippen LogP contribution in [0.4, 0.5) is 5.69 Å². The van der Waals surface area contributed by atoms with Gasteiger partial charge in [0.25, 0.3) is 0 Å². The van der Waals surface area contributed by atoms with Gasteiger partial charge in [-0.2, -0.15) is 0 Å². The maximum absolute atomic E-state index is 4.36. The monoisotopic (exact) mass is 278 g/mol. The molecule has 0 atom stereocenters. The van der Waals surface area contributed by atoms with Crippen LogP contribution in [0.1, 0.15) is 25.7 Å². The first kappa shape index (κ1) is 12.4. The fraction of sp³-hybridized carbons (Fsp3) is 0.294. The zero-order valence-corrected chi connectivity index (χ0v) is 11.8. The van der Waals surface area contributed by atoms with E-state index in [9.17, 15) is 0 Å². The Balaban J connectivity index is 1.73. The Labute approximate surface area is 123 Å². The number of para-hydroxylation sites is 1. The molecule has 0 bridgehead atoms. The van der Waals surface area contributed by atoms with E-state index in [0.717, 1.165) is 16.9 Å². The highest BCUT2D eigenvalue weighted by molar-refractivity contribution is 5.94. The van der Waals surface area contributed by atoms with Gasteiger partial charge in [-0.3, -0.25) is 9.97 Å². The molecule has 2 aromatic heterocycles. The molecule has 4 rings (SSSR count). The molecule has 0 aliphatic heterocycles. The number of anilines is 1. The third kappa shape index (κ3) is 2.37. The summed E-state index contributed by atoms with van der Waals surface area (Å²) in [4.78, 5) is 12.0. The third-order valence-electron chi connectivity index (χ3n) is 4.21. The summed E-state index contributed by atoms with van der Waals surface area (Å²) in [5.74, 6) is 0. The maximum atomic E-state index is 4.36. The summed E-state index contributed by atoms with van der Waals surface area (Å²) in [7, 11) is 0. The van der Waals surface area contributed by atoms with E-state index in [2.05, 4.69) is 44.5 Å². The van der Waals surface area contributed by atoms with Crippen molar-refractivity contribution in [3.8, 4) is 11.4 Å². The van der Waals surface area contributed by atoms with E-state index >= 15 is 0 Å². The second-order valence-electron chi connectivity index (χ2n) is 5.67. The highest BCUT2D eigenvalue weighted by Crippen LogP contribution is 2.30. The first-order chi connectivity index (χ1) is 10.4. The first-order valence-corrected chi connectivity index (χ1v) is 7.55. The van der Waals surface area contributed by atoms with Gasteiger partial charge < -0.3 is 10.3 Å². The number of H-pyrrole nitrogens is 1. The van der Waals surface area contributed by atoms with Crippen LogP contribution in [0, 0.1) is 0 Å². The Morgan fingerprint density at radius 2 is 2.05 bits per heavy atom. The molecule has 4 nitrogen and oxygen atoms in total. The summed E-state index contributed by atoms with van der Waals surface area (Å²) >= 11 is 0. The molecule has 0 spiro atoms. The molecule has 21 heavy (non-hydrogen) atoms. The molecular weight excluding hydrogens is 260 g/mol. The van der Waals surface area contributed by atoms with Gasteiger partial charge in [0, 0.05) is 23.8 Å². The fourth-order valence-electron chi connectivity index (χ4n) is 3.14. The molecule has 106 valence electrons. The van der Waals surface area contributed by atoms with Gasteiger partial charge in [0.05, 0.1) is 23.1 Å². The van der Waals surface area contributed by atoms with Crippen LogP contribution < -0.4 is 5.32 Å². The largest absolute Gasteiger partial charge is 0.381 e. The summed E-state index contributed by atoms with van der Waals surface area (Å²) in [5, 5.41) is 4.89. The number of aromatic nitrogens is 3. The predicted octanol–water partition coefficient (Wildman–Crippen LogP) is 3.98. The smallest absolute Gasteiger partial charge is 0.105 e. The van der Waals surface area contributed by atoms with Crippen LogP contribution in [0.2, 0.25) is 0 Å². The molecule has 0 radical (unpaired) electrons. The van der Waals surface area contributed by atoms with Gasteiger partial charge in [0.1, 0.15) is 5.69 Å². The van der Waals surface area contributed by atoms with E-state index in [1.807, 2.05) is 0 Å².